The van der Waals surface area contributed by atoms with Crippen LogP contribution in [0.5, 0.6) is 0 Å². The molecule has 5 aliphatic rings. The molecule has 0 saturated heterocycles. The van der Waals surface area contributed by atoms with Gasteiger partial charge in [0.1, 0.15) is 0 Å². The predicted molar refractivity (Wildman–Crippen MR) is 250 cm³/mol. The molecule has 0 aliphatic heterocycles. The molecule has 1 nitrogen and oxygen atoms in total. The van der Waals surface area contributed by atoms with Crippen LogP contribution in [0.4, 0.5) is 11.4 Å². The maximum atomic E-state index is 2.73. The van der Waals surface area contributed by atoms with Crippen LogP contribution in [0.2, 0.25) is 0 Å². The summed E-state index contributed by atoms with van der Waals surface area (Å²) in [5.41, 5.74) is 13.8. The minimum Gasteiger partial charge on any atom is -0.331 e. The van der Waals surface area contributed by atoms with Crippen molar-refractivity contribution in [2.75, 3.05) is 4.90 Å². The number of allylic oxidation sites excluding steroid dienone is 2. The van der Waals surface area contributed by atoms with Crippen LogP contribution in [0, 0.1) is 23.2 Å². The average molecular weight is 770 g/mol. The van der Waals surface area contributed by atoms with Crippen molar-refractivity contribution in [1.82, 2.24) is 0 Å². The van der Waals surface area contributed by atoms with E-state index in [4.69, 9.17) is 0 Å². The van der Waals surface area contributed by atoms with E-state index in [0.717, 1.165) is 17.8 Å². The van der Waals surface area contributed by atoms with E-state index in [2.05, 4.69) is 211 Å². The van der Waals surface area contributed by atoms with Crippen molar-refractivity contribution in [3.8, 4) is 22.3 Å². The molecule has 0 heterocycles. The molecule has 0 radical (unpaired) electrons. The van der Waals surface area contributed by atoms with Crippen molar-refractivity contribution in [3.05, 3.63) is 180 Å². The SMILES string of the molecule is CC(C)(C)c1cc(N(c2ccccc2-c2cccc3cccc(C45CC6CC7CC(C4)C765)c23)C2(C)C=CC=CC2c2ccc(-c3ccccc3)cc2)cc(C(C)(C)C)c1. The van der Waals surface area contributed by atoms with E-state index in [0.29, 0.717) is 10.8 Å². The van der Waals surface area contributed by atoms with E-state index in [1.165, 1.54) is 86.8 Å². The molecule has 4 fully saturated rings. The number of fused-ring (bicyclic) bond motifs is 1. The summed E-state index contributed by atoms with van der Waals surface area (Å²) in [4.78, 5) is 2.73. The highest BCUT2D eigenvalue weighted by Crippen LogP contribution is 2.93. The van der Waals surface area contributed by atoms with Gasteiger partial charge in [-0.1, -0.05) is 181 Å². The topological polar surface area (TPSA) is 3.24 Å². The lowest BCUT2D eigenvalue weighted by Gasteiger charge is -2.91. The van der Waals surface area contributed by atoms with E-state index >= 15 is 0 Å². The Morgan fingerprint density at radius 2 is 1.19 bits per heavy atom. The second-order valence-electron chi connectivity index (χ2n) is 21.3. The van der Waals surface area contributed by atoms with Gasteiger partial charge in [0.05, 0.1) is 5.54 Å². The standard InChI is InChI=1S/C58H59N/c1-54(2,3)42-31-43(55(4,5)6)35-47(34-42)59(56(7)30-14-13-23-50(56)40-28-26-39(27-29-40)38-17-9-8-10-18-38)52-25-12-11-21-48(52)49-22-15-19-41-20-16-24-51(53(41)49)57-36-45-32-44-33-46(37-57)58(44,45)57/h8-31,34-35,44-46,50H,32-33,36-37H2,1-7H3. The highest BCUT2D eigenvalue weighted by atomic mass is 15.2. The van der Waals surface area contributed by atoms with Gasteiger partial charge in [-0.2, -0.15) is 0 Å². The summed E-state index contributed by atoms with van der Waals surface area (Å²) in [5, 5.41) is 2.87. The minimum atomic E-state index is -0.441. The highest BCUT2D eigenvalue weighted by molar-refractivity contribution is 6.03. The molecule has 6 aromatic rings. The number of para-hydroxylation sites is 1. The van der Waals surface area contributed by atoms with Crippen molar-refractivity contribution < 1.29 is 0 Å². The number of nitrogens with zero attached hydrogens (tertiary/aromatic N) is 1. The van der Waals surface area contributed by atoms with Crippen LogP contribution in [0.1, 0.15) is 102 Å². The molecule has 6 aromatic carbocycles. The maximum absolute atomic E-state index is 2.73. The van der Waals surface area contributed by atoms with Gasteiger partial charge >= 0.3 is 0 Å². The quantitative estimate of drug-likeness (QED) is 0.156. The molecule has 0 aromatic heterocycles. The first-order valence-corrected chi connectivity index (χ1v) is 22.4. The Hall–Kier alpha value is -5.14. The smallest absolute Gasteiger partial charge is 0.0711 e. The molecule has 0 N–H and O–H groups in total. The summed E-state index contributed by atoms with van der Waals surface area (Å²) in [5.74, 6) is 2.97. The van der Waals surface area contributed by atoms with Crippen LogP contribution in [0.25, 0.3) is 33.0 Å². The monoisotopic (exact) mass is 769 g/mol. The number of benzene rings is 6. The minimum absolute atomic E-state index is 0.0253. The first-order chi connectivity index (χ1) is 28.3. The van der Waals surface area contributed by atoms with Gasteiger partial charge in [-0.05, 0) is 135 Å². The van der Waals surface area contributed by atoms with Gasteiger partial charge in [-0.15, -0.1) is 0 Å². The summed E-state index contributed by atoms with van der Waals surface area (Å²) >= 11 is 0. The summed E-state index contributed by atoms with van der Waals surface area (Å²) < 4.78 is 0. The third kappa shape index (κ3) is 5.16. The second kappa shape index (κ2) is 12.7. The van der Waals surface area contributed by atoms with Gasteiger partial charge in [0.25, 0.3) is 0 Å². The summed E-state index contributed by atoms with van der Waals surface area (Å²) in [6.07, 6.45) is 15.2. The Kier molecular flexibility index (Phi) is 7.93. The van der Waals surface area contributed by atoms with Gasteiger partial charge < -0.3 is 4.90 Å². The van der Waals surface area contributed by atoms with Crippen molar-refractivity contribution >= 4 is 22.1 Å². The largest absolute Gasteiger partial charge is 0.331 e. The number of hydrogen-bond acceptors (Lipinski definition) is 1. The molecule has 4 unspecified atom stereocenters. The van der Waals surface area contributed by atoms with Crippen molar-refractivity contribution in [2.24, 2.45) is 23.2 Å². The van der Waals surface area contributed by atoms with Crippen molar-refractivity contribution in [2.45, 2.75) is 102 Å². The number of anilines is 2. The fourth-order valence-electron chi connectivity index (χ4n) is 13.4. The summed E-state index contributed by atoms with van der Waals surface area (Å²) in [6.45, 7) is 16.6. The van der Waals surface area contributed by atoms with Crippen LogP contribution in [0.15, 0.2) is 158 Å². The van der Waals surface area contributed by atoms with E-state index in [1.54, 1.807) is 5.56 Å². The third-order valence-corrected chi connectivity index (χ3v) is 16.3. The Bertz CT molecular complexity index is 2620. The predicted octanol–water partition coefficient (Wildman–Crippen LogP) is 15.3. The second-order valence-corrected chi connectivity index (χ2v) is 21.3. The molecule has 0 bridgehead atoms. The molecular formula is C58H59N. The van der Waals surface area contributed by atoms with Gasteiger partial charge in [-0.25, -0.2) is 0 Å². The molecule has 5 aliphatic carbocycles. The van der Waals surface area contributed by atoms with Crippen molar-refractivity contribution in [1.29, 1.82) is 0 Å². The van der Waals surface area contributed by atoms with E-state index in [-0.39, 0.29) is 16.7 Å². The normalized spacial score (nSPS) is 28.7. The van der Waals surface area contributed by atoms with Gasteiger partial charge in [0.2, 0.25) is 0 Å². The molecule has 0 amide bonds. The molecular weight excluding hydrogens is 711 g/mol. The molecule has 4 saturated carbocycles. The van der Waals surface area contributed by atoms with E-state index in [9.17, 15) is 0 Å². The molecule has 59 heavy (non-hydrogen) atoms. The molecule has 1 spiro atoms. The lowest BCUT2D eigenvalue weighted by molar-refractivity contribution is -0.394. The lowest BCUT2D eigenvalue weighted by Crippen LogP contribution is -2.87. The molecule has 1 heteroatoms. The van der Waals surface area contributed by atoms with Crippen molar-refractivity contribution in [3.63, 3.8) is 0 Å². The summed E-state index contributed by atoms with van der Waals surface area (Å²) in [6, 6.07) is 51.3. The Morgan fingerprint density at radius 1 is 0.576 bits per heavy atom. The van der Waals surface area contributed by atoms with Crippen LogP contribution in [0.3, 0.4) is 0 Å². The Labute approximate surface area is 352 Å². The average Bonchev–Trinajstić information content (AvgIpc) is 3.20. The van der Waals surface area contributed by atoms with E-state index in [1.807, 2.05) is 0 Å². The fourth-order valence-corrected chi connectivity index (χ4v) is 13.4. The molecule has 296 valence electrons. The zero-order valence-electron chi connectivity index (χ0n) is 36.1. The number of hydrogen-bond donors (Lipinski definition) is 0. The van der Waals surface area contributed by atoms with Gasteiger partial charge in [-0.3, -0.25) is 0 Å². The Morgan fingerprint density at radius 3 is 1.83 bits per heavy atom. The van der Waals surface area contributed by atoms with Crippen LogP contribution >= 0.6 is 0 Å². The van der Waals surface area contributed by atoms with E-state index < -0.39 is 5.54 Å². The Balaban J connectivity index is 1.13. The molecule has 4 atom stereocenters. The number of rotatable bonds is 7. The lowest BCUT2D eigenvalue weighted by atomic mass is 9.12. The van der Waals surface area contributed by atoms with Gasteiger partial charge in [0.15, 0.2) is 0 Å². The fraction of sp³-hybridized carbons (Fsp3) is 0.345. The van der Waals surface area contributed by atoms with Gasteiger partial charge in [0, 0.05) is 28.3 Å². The summed E-state index contributed by atoms with van der Waals surface area (Å²) in [7, 11) is 0. The first-order valence-electron chi connectivity index (χ1n) is 22.4. The maximum Gasteiger partial charge on any atom is 0.0711 e. The first kappa shape index (κ1) is 36.9. The zero-order chi connectivity index (χ0) is 40.5. The van der Waals surface area contributed by atoms with Crippen LogP contribution in [-0.2, 0) is 16.2 Å². The molecule has 11 rings (SSSR count). The third-order valence-electron chi connectivity index (χ3n) is 16.3. The zero-order valence-corrected chi connectivity index (χ0v) is 36.1. The van der Waals surface area contributed by atoms with Crippen LogP contribution < -0.4 is 4.90 Å². The van der Waals surface area contributed by atoms with Crippen LogP contribution in [-0.4, -0.2) is 5.54 Å². The highest BCUT2D eigenvalue weighted by Gasteiger charge is 2.87.